The molecular formula is C14H14BrN5O. The van der Waals surface area contributed by atoms with E-state index in [2.05, 4.69) is 41.4 Å². The Labute approximate surface area is 130 Å². The Balaban J connectivity index is 2.07. The molecule has 0 aliphatic heterocycles. The minimum Gasteiger partial charge on any atom is -0.438 e. The van der Waals surface area contributed by atoms with Crippen LogP contribution in [-0.2, 0) is 0 Å². The molecule has 0 fully saturated rings. The van der Waals surface area contributed by atoms with Crippen molar-refractivity contribution < 1.29 is 4.74 Å². The number of aromatic amines is 1. The SMILES string of the molecule is CNc1nc(Oc2cc(C)c(Br)c(C)c2)c2cn[nH]c2n1. The van der Waals surface area contributed by atoms with Gasteiger partial charge in [-0.1, -0.05) is 15.9 Å². The number of rotatable bonds is 3. The van der Waals surface area contributed by atoms with Crippen molar-refractivity contribution in [1.29, 1.82) is 0 Å². The minimum atomic E-state index is 0.472. The van der Waals surface area contributed by atoms with Gasteiger partial charge in [0.25, 0.3) is 0 Å². The largest absolute Gasteiger partial charge is 0.438 e. The summed E-state index contributed by atoms with van der Waals surface area (Å²) in [5.74, 6) is 1.68. The third-order valence-corrected chi connectivity index (χ3v) is 4.37. The van der Waals surface area contributed by atoms with Gasteiger partial charge in [0.15, 0.2) is 5.65 Å². The molecule has 108 valence electrons. The molecule has 6 nitrogen and oxygen atoms in total. The van der Waals surface area contributed by atoms with Crippen molar-refractivity contribution in [2.45, 2.75) is 13.8 Å². The predicted octanol–water partition coefficient (Wildman–Crippen LogP) is 3.57. The van der Waals surface area contributed by atoms with Gasteiger partial charge in [0.1, 0.15) is 11.1 Å². The van der Waals surface area contributed by atoms with Gasteiger partial charge in [0.05, 0.1) is 6.20 Å². The molecule has 1 aromatic carbocycles. The van der Waals surface area contributed by atoms with Crippen LogP contribution in [0.2, 0.25) is 0 Å². The second kappa shape index (κ2) is 5.33. The number of aromatic nitrogens is 4. The quantitative estimate of drug-likeness (QED) is 0.757. The number of ether oxygens (including phenoxy) is 1. The van der Waals surface area contributed by atoms with E-state index in [1.165, 1.54) is 0 Å². The molecule has 0 saturated heterocycles. The number of H-pyrrole nitrogens is 1. The van der Waals surface area contributed by atoms with E-state index in [1.807, 2.05) is 26.0 Å². The molecule has 0 aliphatic carbocycles. The monoisotopic (exact) mass is 347 g/mol. The van der Waals surface area contributed by atoms with Crippen molar-refractivity contribution in [1.82, 2.24) is 20.2 Å². The van der Waals surface area contributed by atoms with Gasteiger partial charge in [-0.05, 0) is 37.1 Å². The van der Waals surface area contributed by atoms with Crippen molar-refractivity contribution in [2.24, 2.45) is 0 Å². The third kappa shape index (κ3) is 2.56. The Kier molecular flexibility index (Phi) is 3.50. The van der Waals surface area contributed by atoms with Crippen LogP contribution in [0.25, 0.3) is 11.0 Å². The fraction of sp³-hybridized carbons (Fsp3) is 0.214. The van der Waals surface area contributed by atoms with E-state index in [-0.39, 0.29) is 0 Å². The molecule has 0 saturated carbocycles. The molecule has 0 amide bonds. The number of anilines is 1. The lowest BCUT2D eigenvalue weighted by molar-refractivity contribution is 0.468. The van der Waals surface area contributed by atoms with Crippen LogP contribution in [0.5, 0.6) is 11.6 Å². The highest BCUT2D eigenvalue weighted by Gasteiger charge is 2.12. The second-order valence-corrected chi connectivity index (χ2v) is 5.50. The predicted molar refractivity (Wildman–Crippen MR) is 84.9 cm³/mol. The van der Waals surface area contributed by atoms with Gasteiger partial charge in [0.2, 0.25) is 11.8 Å². The maximum atomic E-state index is 5.94. The van der Waals surface area contributed by atoms with E-state index in [0.717, 1.165) is 26.7 Å². The van der Waals surface area contributed by atoms with Gasteiger partial charge in [-0.2, -0.15) is 15.1 Å². The molecule has 0 bridgehead atoms. The van der Waals surface area contributed by atoms with Crippen molar-refractivity contribution >= 4 is 32.9 Å². The van der Waals surface area contributed by atoms with Crippen molar-refractivity contribution in [3.63, 3.8) is 0 Å². The van der Waals surface area contributed by atoms with E-state index >= 15 is 0 Å². The summed E-state index contributed by atoms with van der Waals surface area (Å²) in [5.41, 5.74) is 2.85. The maximum Gasteiger partial charge on any atom is 0.235 e. The van der Waals surface area contributed by atoms with Crippen LogP contribution < -0.4 is 10.1 Å². The minimum absolute atomic E-state index is 0.472. The first-order valence-electron chi connectivity index (χ1n) is 6.42. The molecule has 7 heteroatoms. The number of nitrogens with zero attached hydrogens (tertiary/aromatic N) is 3. The van der Waals surface area contributed by atoms with Crippen LogP contribution in [0, 0.1) is 13.8 Å². The Morgan fingerprint density at radius 3 is 2.57 bits per heavy atom. The highest BCUT2D eigenvalue weighted by Crippen LogP contribution is 2.31. The number of benzene rings is 1. The summed E-state index contributed by atoms with van der Waals surface area (Å²) in [5, 5.41) is 10.5. The summed E-state index contributed by atoms with van der Waals surface area (Å²) in [6.07, 6.45) is 1.66. The average molecular weight is 348 g/mol. The highest BCUT2D eigenvalue weighted by molar-refractivity contribution is 9.10. The topological polar surface area (TPSA) is 75.7 Å². The maximum absolute atomic E-state index is 5.94. The number of nitrogens with one attached hydrogen (secondary N) is 2. The molecule has 2 heterocycles. The zero-order valence-corrected chi connectivity index (χ0v) is 13.4. The Morgan fingerprint density at radius 2 is 1.90 bits per heavy atom. The molecule has 0 aliphatic rings. The van der Waals surface area contributed by atoms with Crippen LogP contribution in [0.15, 0.2) is 22.8 Å². The number of halogens is 1. The van der Waals surface area contributed by atoms with Crippen LogP contribution in [0.1, 0.15) is 11.1 Å². The Bertz CT molecular complexity index is 791. The molecular weight excluding hydrogens is 334 g/mol. The van der Waals surface area contributed by atoms with Gasteiger partial charge < -0.3 is 10.1 Å². The first-order valence-corrected chi connectivity index (χ1v) is 7.21. The van der Waals surface area contributed by atoms with Gasteiger partial charge in [0, 0.05) is 11.5 Å². The van der Waals surface area contributed by atoms with E-state index in [4.69, 9.17) is 4.74 Å². The standard InChI is InChI=1S/C14H14BrN5O/c1-7-4-9(5-8(2)11(7)15)21-13-10-6-17-20-12(10)18-14(16-3)19-13/h4-6H,1-3H3,(H2,16,17,18,19,20). The molecule has 21 heavy (non-hydrogen) atoms. The summed E-state index contributed by atoms with van der Waals surface area (Å²) in [7, 11) is 1.76. The molecule has 0 atom stereocenters. The molecule has 2 aromatic heterocycles. The average Bonchev–Trinajstić information content (AvgIpc) is 2.93. The van der Waals surface area contributed by atoms with E-state index in [9.17, 15) is 0 Å². The van der Waals surface area contributed by atoms with E-state index in [1.54, 1.807) is 13.2 Å². The summed E-state index contributed by atoms with van der Waals surface area (Å²) in [6.45, 7) is 4.05. The van der Waals surface area contributed by atoms with Crippen molar-refractivity contribution in [3.05, 3.63) is 33.9 Å². The van der Waals surface area contributed by atoms with E-state index < -0.39 is 0 Å². The first-order chi connectivity index (χ1) is 10.1. The van der Waals surface area contributed by atoms with Crippen LogP contribution in [0.3, 0.4) is 0 Å². The zero-order chi connectivity index (χ0) is 15.0. The van der Waals surface area contributed by atoms with E-state index in [0.29, 0.717) is 17.5 Å². The highest BCUT2D eigenvalue weighted by atomic mass is 79.9. The first kappa shape index (κ1) is 13.8. The molecule has 0 spiro atoms. The molecule has 2 N–H and O–H groups in total. The van der Waals surface area contributed by atoms with Gasteiger partial charge in [-0.15, -0.1) is 0 Å². The summed E-state index contributed by atoms with van der Waals surface area (Å²) in [6, 6.07) is 3.92. The normalized spacial score (nSPS) is 10.9. The summed E-state index contributed by atoms with van der Waals surface area (Å²) in [4.78, 5) is 8.63. The van der Waals surface area contributed by atoms with Crippen molar-refractivity contribution in [2.75, 3.05) is 12.4 Å². The lowest BCUT2D eigenvalue weighted by Crippen LogP contribution is -1.99. The smallest absolute Gasteiger partial charge is 0.235 e. The number of hydrogen-bond donors (Lipinski definition) is 2. The fourth-order valence-electron chi connectivity index (χ4n) is 2.07. The zero-order valence-electron chi connectivity index (χ0n) is 11.9. The summed E-state index contributed by atoms with van der Waals surface area (Å²) < 4.78 is 7.02. The summed E-state index contributed by atoms with van der Waals surface area (Å²) >= 11 is 3.55. The molecule has 3 aromatic rings. The second-order valence-electron chi connectivity index (χ2n) is 4.71. The Hall–Kier alpha value is -2.15. The third-order valence-electron chi connectivity index (χ3n) is 3.12. The van der Waals surface area contributed by atoms with Crippen LogP contribution in [0.4, 0.5) is 5.95 Å². The van der Waals surface area contributed by atoms with Crippen LogP contribution >= 0.6 is 15.9 Å². The number of hydrogen-bond acceptors (Lipinski definition) is 5. The number of fused-ring (bicyclic) bond motifs is 1. The molecule has 3 rings (SSSR count). The number of aryl methyl sites for hydroxylation is 2. The van der Waals surface area contributed by atoms with Gasteiger partial charge in [-0.3, -0.25) is 5.10 Å². The van der Waals surface area contributed by atoms with Crippen LogP contribution in [-0.4, -0.2) is 27.2 Å². The lowest BCUT2D eigenvalue weighted by Gasteiger charge is -2.10. The lowest BCUT2D eigenvalue weighted by atomic mass is 10.1. The molecule has 0 radical (unpaired) electrons. The Morgan fingerprint density at radius 1 is 1.19 bits per heavy atom. The fourth-order valence-corrected chi connectivity index (χ4v) is 2.30. The molecule has 0 unspecified atom stereocenters. The van der Waals surface area contributed by atoms with Gasteiger partial charge >= 0.3 is 0 Å². The van der Waals surface area contributed by atoms with Crippen molar-refractivity contribution in [3.8, 4) is 11.6 Å². The van der Waals surface area contributed by atoms with Gasteiger partial charge in [-0.25, -0.2) is 0 Å².